The van der Waals surface area contributed by atoms with Crippen molar-refractivity contribution in [3.05, 3.63) is 71.7 Å². The van der Waals surface area contributed by atoms with Crippen LogP contribution in [0.4, 0.5) is 0 Å². The lowest BCUT2D eigenvalue weighted by Gasteiger charge is -2.22. The molecule has 0 N–H and O–H groups in total. The third-order valence-electron chi connectivity index (χ3n) is 3.59. The molecule has 3 aromatic rings. The van der Waals surface area contributed by atoms with Gasteiger partial charge in [0.2, 0.25) is 0 Å². The standard InChI is InChI=1S/C17H10N2O3/c20-16-13-7-1-4-11-5-2-8-14(15(11)13)17(21)19(16)18-10-12-6-3-9-22-12/h1-10H. The second-order valence-corrected chi connectivity index (χ2v) is 4.89. The monoisotopic (exact) mass is 290 g/mol. The second-order valence-electron chi connectivity index (χ2n) is 4.89. The van der Waals surface area contributed by atoms with Crippen molar-refractivity contribution in [1.82, 2.24) is 5.01 Å². The van der Waals surface area contributed by atoms with Crippen LogP contribution in [0.3, 0.4) is 0 Å². The van der Waals surface area contributed by atoms with Gasteiger partial charge in [-0.3, -0.25) is 9.59 Å². The Morgan fingerprint density at radius 2 is 1.59 bits per heavy atom. The molecule has 22 heavy (non-hydrogen) atoms. The predicted molar refractivity (Wildman–Crippen MR) is 80.8 cm³/mol. The number of furan rings is 1. The van der Waals surface area contributed by atoms with Crippen LogP contribution in [-0.4, -0.2) is 23.0 Å². The Kier molecular flexibility index (Phi) is 2.66. The van der Waals surface area contributed by atoms with Gasteiger partial charge in [-0.05, 0) is 29.7 Å². The van der Waals surface area contributed by atoms with Gasteiger partial charge in [-0.25, -0.2) is 0 Å². The average molecular weight is 290 g/mol. The molecular weight excluding hydrogens is 280 g/mol. The van der Waals surface area contributed by atoms with Crippen LogP contribution < -0.4 is 0 Å². The molecule has 2 aromatic carbocycles. The van der Waals surface area contributed by atoms with Crippen LogP contribution in [0.25, 0.3) is 10.8 Å². The second kappa shape index (κ2) is 4.66. The van der Waals surface area contributed by atoms with E-state index < -0.39 is 11.8 Å². The summed E-state index contributed by atoms with van der Waals surface area (Å²) in [5.74, 6) is -0.396. The van der Waals surface area contributed by atoms with Gasteiger partial charge in [0.1, 0.15) is 5.76 Å². The molecule has 4 rings (SSSR count). The number of hydrogen-bond donors (Lipinski definition) is 0. The molecule has 0 saturated heterocycles. The summed E-state index contributed by atoms with van der Waals surface area (Å²) < 4.78 is 5.12. The molecule has 0 fully saturated rings. The van der Waals surface area contributed by atoms with E-state index in [1.54, 1.807) is 36.4 Å². The van der Waals surface area contributed by atoms with Crippen molar-refractivity contribution >= 4 is 28.8 Å². The normalized spacial score (nSPS) is 14.3. The van der Waals surface area contributed by atoms with Crippen molar-refractivity contribution in [2.45, 2.75) is 0 Å². The Labute approximate surface area is 125 Å². The summed E-state index contributed by atoms with van der Waals surface area (Å²) >= 11 is 0. The molecule has 0 bridgehead atoms. The van der Waals surface area contributed by atoms with Gasteiger partial charge in [0.05, 0.1) is 23.6 Å². The molecule has 5 heteroatoms. The van der Waals surface area contributed by atoms with E-state index >= 15 is 0 Å². The summed E-state index contributed by atoms with van der Waals surface area (Å²) in [4.78, 5) is 25.1. The quantitative estimate of drug-likeness (QED) is 0.538. The summed E-state index contributed by atoms with van der Waals surface area (Å²) in [6.07, 6.45) is 2.85. The van der Waals surface area contributed by atoms with E-state index in [0.29, 0.717) is 22.3 Å². The van der Waals surface area contributed by atoms with Gasteiger partial charge in [-0.1, -0.05) is 24.3 Å². The summed E-state index contributed by atoms with van der Waals surface area (Å²) in [6, 6.07) is 14.2. The molecule has 1 aliphatic heterocycles. The molecule has 0 unspecified atom stereocenters. The Hall–Kier alpha value is -3.21. The molecule has 0 aliphatic carbocycles. The zero-order chi connectivity index (χ0) is 15.1. The van der Waals surface area contributed by atoms with E-state index in [4.69, 9.17) is 4.42 Å². The fraction of sp³-hybridized carbons (Fsp3) is 0. The molecule has 1 aromatic heterocycles. The van der Waals surface area contributed by atoms with Gasteiger partial charge in [-0.15, -0.1) is 0 Å². The molecule has 106 valence electrons. The van der Waals surface area contributed by atoms with E-state index in [9.17, 15) is 9.59 Å². The number of amides is 2. The van der Waals surface area contributed by atoms with Crippen LogP contribution in [0.2, 0.25) is 0 Å². The lowest BCUT2D eigenvalue weighted by molar-refractivity contribution is 0.0616. The minimum Gasteiger partial charge on any atom is -0.463 e. The number of rotatable bonds is 2. The highest BCUT2D eigenvalue weighted by Gasteiger charge is 2.32. The van der Waals surface area contributed by atoms with Crippen molar-refractivity contribution in [3.63, 3.8) is 0 Å². The maximum atomic E-state index is 12.5. The minimum atomic E-state index is -0.433. The first-order valence-corrected chi connectivity index (χ1v) is 6.74. The van der Waals surface area contributed by atoms with Gasteiger partial charge >= 0.3 is 0 Å². The van der Waals surface area contributed by atoms with Gasteiger partial charge < -0.3 is 4.42 Å². The highest BCUT2D eigenvalue weighted by atomic mass is 16.3. The Balaban J connectivity index is 1.85. The molecule has 0 spiro atoms. The van der Waals surface area contributed by atoms with E-state index in [1.807, 2.05) is 12.1 Å². The number of nitrogens with zero attached hydrogens (tertiary/aromatic N) is 2. The third-order valence-corrected chi connectivity index (χ3v) is 3.59. The van der Waals surface area contributed by atoms with Crippen LogP contribution in [0, 0.1) is 0 Å². The molecule has 0 radical (unpaired) electrons. The molecular formula is C17H10N2O3. The Morgan fingerprint density at radius 3 is 2.18 bits per heavy atom. The zero-order valence-electron chi connectivity index (χ0n) is 11.4. The summed E-state index contributed by atoms with van der Waals surface area (Å²) in [5, 5.41) is 6.42. The summed E-state index contributed by atoms with van der Waals surface area (Å²) in [5.41, 5.74) is 0.952. The topological polar surface area (TPSA) is 62.9 Å². The highest BCUT2D eigenvalue weighted by molar-refractivity contribution is 6.25. The summed E-state index contributed by atoms with van der Waals surface area (Å²) in [6.45, 7) is 0. The van der Waals surface area contributed by atoms with Crippen LogP contribution in [-0.2, 0) is 0 Å². The largest absolute Gasteiger partial charge is 0.463 e. The number of carbonyl (C=O) groups is 2. The van der Waals surface area contributed by atoms with Crippen molar-refractivity contribution in [3.8, 4) is 0 Å². The molecule has 1 aliphatic rings. The maximum absolute atomic E-state index is 12.5. The minimum absolute atomic E-state index is 0.433. The van der Waals surface area contributed by atoms with Crippen LogP contribution >= 0.6 is 0 Å². The smallest absolute Gasteiger partial charge is 0.282 e. The molecule has 2 heterocycles. The molecule has 0 saturated carbocycles. The first-order chi connectivity index (χ1) is 10.8. The fourth-order valence-electron chi connectivity index (χ4n) is 2.60. The van der Waals surface area contributed by atoms with E-state index in [2.05, 4.69) is 5.10 Å². The van der Waals surface area contributed by atoms with Crippen LogP contribution in [0.1, 0.15) is 26.5 Å². The van der Waals surface area contributed by atoms with E-state index in [-0.39, 0.29) is 0 Å². The number of hydrazone groups is 1. The number of hydrogen-bond acceptors (Lipinski definition) is 4. The Bertz CT molecular complexity index is 875. The van der Waals surface area contributed by atoms with Crippen molar-refractivity contribution in [2.24, 2.45) is 5.10 Å². The predicted octanol–water partition coefficient (Wildman–Crippen LogP) is 3.06. The van der Waals surface area contributed by atoms with E-state index in [0.717, 1.165) is 10.4 Å². The number of carbonyl (C=O) groups excluding carboxylic acids is 2. The first-order valence-electron chi connectivity index (χ1n) is 6.74. The van der Waals surface area contributed by atoms with Crippen molar-refractivity contribution in [1.29, 1.82) is 0 Å². The lowest BCUT2D eigenvalue weighted by Crippen LogP contribution is -2.36. The van der Waals surface area contributed by atoms with Crippen molar-refractivity contribution < 1.29 is 14.0 Å². The molecule has 2 amide bonds. The lowest BCUT2D eigenvalue weighted by atomic mass is 9.95. The first kappa shape index (κ1) is 12.5. The highest BCUT2D eigenvalue weighted by Crippen LogP contribution is 2.29. The van der Waals surface area contributed by atoms with Crippen LogP contribution in [0.5, 0.6) is 0 Å². The molecule has 5 nitrogen and oxygen atoms in total. The third kappa shape index (κ3) is 1.76. The van der Waals surface area contributed by atoms with Gasteiger partial charge in [0.15, 0.2) is 0 Å². The van der Waals surface area contributed by atoms with Gasteiger partial charge in [0.25, 0.3) is 11.8 Å². The molecule has 0 atom stereocenters. The average Bonchev–Trinajstić information content (AvgIpc) is 3.06. The summed E-state index contributed by atoms with van der Waals surface area (Å²) in [7, 11) is 0. The maximum Gasteiger partial charge on any atom is 0.282 e. The SMILES string of the molecule is O=C1c2cccc3cccc(c23)C(=O)N1N=Cc1ccco1. The van der Waals surface area contributed by atoms with E-state index in [1.165, 1.54) is 12.5 Å². The van der Waals surface area contributed by atoms with Crippen molar-refractivity contribution in [2.75, 3.05) is 0 Å². The van der Waals surface area contributed by atoms with Gasteiger partial charge in [0, 0.05) is 5.39 Å². The number of imide groups is 1. The number of benzene rings is 2. The zero-order valence-corrected chi connectivity index (χ0v) is 11.4. The fourth-order valence-corrected chi connectivity index (χ4v) is 2.60. The Morgan fingerprint density at radius 1 is 0.909 bits per heavy atom. The van der Waals surface area contributed by atoms with Crippen LogP contribution in [0.15, 0.2) is 64.3 Å². The van der Waals surface area contributed by atoms with Gasteiger partial charge in [-0.2, -0.15) is 10.1 Å².